The smallest absolute Gasteiger partial charge is 0.251 e. The highest BCUT2D eigenvalue weighted by atomic mass is 16.5. The second-order valence-corrected chi connectivity index (χ2v) is 6.86. The van der Waals surface area contributed by atoms with Crippen LogP contribution in [-0.4, -0.2) is 24.5 Å². The van der Waals surface area contributed by atoms with E-state index in [1.807, 2.05) is 45.0 Å². The highest BCUT2D eigenvalue weighted by Crippen LogP contribution is 2.14. The van der Waals surface area contributed by atoms with E-state index in [1.54, 1.807) is 31.4 Å². The van der Waals surface area contributed by atoms with Gasteiger partial charge in [-0.05, 0) is 56.7 Å². The third-order valence-electron chi connectivity index (χ3n) is 3.42. The lowest BCUT2D eigenvalue weighted by molar-refractivity contribution is -0.115. The number of anilines is 1. The summed E-state index contributed by atoms with van der Waals surface area (Å²) in [6.07, 6.45) is 0.252. The van der Waals surface area contributed by atoms with Gasteiger partial charge in [0.2, 0.25) is 5.91 Å². The second-order valence-electron chi connectivity index (χ2n) is 6.86. The fraction of sp³-hybridized carbons (Fsp3) is 0.300. The third kappa shape index (κ3) is 5.95. The Kier molecular flexibility index (Phi) is 5.80. The zero-order chi connectivity index (χ0) is 18.4. The average Bonchev–Trinajstić information content (AvgIpc) is 2.54. The van der Waals surface area contributed by atoms with Crippen molar-refractivity contribution in [3.05, 3.63) is 59.7 Å². The molecule has 2 N–H and O–H groups in total. The Hall–Kier alpha value is -2.82. The molecule has 0 spiro atoms. The lowest BCUT2D eigenvalue weighted by Gasteiger charge is -2.20. The minimum atomic E-state index is -0.315. The Morgan fingerprint density at radius 3 is 2.32 bits per heavy atom. The number of ether oxygens (including phenoxy) is 1. The molecule has 0 aliphatic carbocycles. The van der Waals surface area contributed by atoms with E-state index in [1.165, 1.54) is 0 Å². The quantitative estimate of drug-likeness (QED) is 0.876. The lowest BCUT2D eigenvalue weighted by atomic mass is 10.1. The van der Waals surface area contributed by atoms with Gasteiger partial charge in [-0.15, -0.1) is 0 Å². The van der Waals surface area contributed by atoms with Crippen LogP contribution in [0.3, 0.4) is 0 Å². The van der Waals surface area contributed by atoms with Crippen molar-refractivity contribution in [2.24, 2.45) is 0 Å². The van der Waals surface area contributed by atoms with Gasteiger partial charge in [-0.25, -0.2) is 0 Å². The van der Waals surface area contributed by atoms with Gasteiger partial charge in [0.05, 0.1) is 13.5 Å². The Morgan fingerprint density at radius 2 is 1.72 bits per heavy atom. The summed E-state index contributed by atoms with van der Waals surface area (Å²) in [5, 5.41) is 5.73. The van der Waals surface area contributed by atoms with Gasteiger partial charge in [0.1, 0.15) is 5.75 Å². The molecule has 25 heavy (non-hydrogen) atoms. The first kappa shape index (κ1) is 18.5. The molecule has 2 amide bonds. The number of nitrogens with one attached hydrogen (secondary N) is 2. The van der Waals surface area contributed by atoms with Crippen molar-refractivity contribution >= 4 is 17.5 Å². The van der Waals surface area contributed by atoms with Gasteiger partial charge >= 0.3 is 0 Å². The molecule has 0 saturated carbocycles. The van der Waals surface area contributed by atoms with Crippen molar-refractivity contribution < 1.29 is 14.3 Å². The predicted molar refractivity (Wildman–Crippen MR) is 99.0 cm³/mol. The summed E-state index contributed by atoms with van der Waals surface area (Å²) >= 11 is 0. The van der Waals surface area contributed by atoms with Crippen molar-refractivity contribution in [3.8, 4) is 5.75 Å². The fourth-order valence-electron chi connectivity index (χ4n) is 2.28. The molecule has 2 aromatic carbocycles. The summed E-state index contributed by atoms with van der Waals surface area (Å²) in [5.41, 5.74) is 1.68. The molecule has 2 aromatic rings. The van der Waals surface area contributed by atoms with Crippen LogP contribution in [0.15, 0.2) is 48.5 Å². The molecule has 0 unspecified atom stereocenters. The van der Waals surface area contributed by atoms with Crippen molar-refractivity contribution in [1.82, 2.24) is 5.32 Å². The van der Waals surface area contributed by atoms with Gasteiger partial charge in [-0.2, -0.15) is 0 Å². The molecule has 0 saturated heterocycles. The molecule has 5 nitrogen and oxygen atoms in total. The largest absolute Gasteiger partial charge is 0.497 e. The summed E-state index contributed by atoms with van der Waals surface area (Å²) in [5.74, 6) is 0.444. The summed E-state index contributed by atoms with van der Waals surface area (Å²) in [6, 6.07) is 14.3. The van der Waals surface area contributed by atoms with Gasteiger partial charge < -0.3 is 15.4 Å². The highest BCUT2D eigenvalue weighted by molar-refractivity contribution is 5.97. The maximum Gasteiger partial charge on any atom is 0.251 e. The van der Waals surface area contributed by atoms with Gasteiger partial charge in [0, 0.05) is 16.8 Å². The van der Waals surface area contributed by atoms with Crippen molar-refractivity contribution in [2.75, 3.05) is 12.4 Å². The van der Waals surface area contributed by atoms with E-state index < -0.39 is 0 Å². The van der Waals surface area contributed by atoms with E-state index in [0.717, 1.165) is 11.3 Å². The van der Waals surface area contributed by atoms with Gasteiger partial charge in [-0.1, -0.05) is 18.2 Å². The normalized spacial score (nSPS) is 10.9. The summed E-state index contributed by atoms with van der Waals surface area (Å²) < 4.78 is 5.10. The molecule has 0 atom stereocenters. The average molecular weight is 340 g/mol. The number of amides is 2. The van der Waals surface area contributed by atoms with Crippen LogP contribution >= 0.6 is 0 Å². The zero-order valence-electron chi connectivity index (χ0n) is 15.1. The van der Waals surface area contributed by atoms with E-state index in [-0.39, 0.29) is 23.8 Å². The molecule has 0 fully saturated rings. The van der Waals surface area contributed by atoms with Crippen LogP contribution in [0.4, 0.5) is 5.69 Å². The molecule has 5 heteroatoms. The van der Waals surface area contributed by atoms with Crippen molar-refractivity contribution in [2.45, 2.75) is 32.7 Å². The van der Waals surface area contributed by atoms with Crippen molar-refractivity contribution in [1.29, 1.82) is 0 Å². The zero-order valence-corrected chi connectivity index (χ0v) is 15.1. The monoisotopic (exact) mass is 340 g/mol. The number of carbonyl (C=O) groups excluding carboxylic acids is 2. The van der Waals surface area contributed by atoms with Gasteiger partial charge in [0.15, 0.2) is 0 Å². The van der Waals surface area contributed by atoms with E-state index in [2.05, 4.69) is 10.6 Å². The van der Waals surface area contributed by atoms with Crippen LogP contribution in [0.1, 0.15) is 36.7 Å². The number of carbonyl (C=O) groups is 2. The minimum Gasteiger partial charge on any atom is -0.497 e. The van der Waals surface area contributed by atoms with E-state index in [9.17, 15) is 9.59 Å². The third-order valence-corrected chi connectivity index (χ3v) is 3.42. The number of hydrogen-bond donors (Lipinski definition) is 2. The summed E-state index contributed by atoms with van der Waals surface area (Å²) in [4.78, 5) is 24.4. The van der Waals surface area contributed by atoms with E-state index in [0.29, 0.717) is 11.3 Å². The first-order valence-corrected chi connectivity index (χ1v) is 8.12. The molecule has 2 rings (SSSR count). The Balaban J connectivity index is 2.00. The van der Waals surface area contributed by atoms with Gasteiger partial charge in [-0.3, -0.25) is 9.59 Å². The second kappa shape index (κ2) is 7.83. The van der Waals surface area contributed by atoms with Crippen LogP contribution in [0, 0.1) is 0 Å². The first-order valence-electron chi connectivity index (χ1n) is 8.12. The van der Waals surface area contributed by atoms with Crippen molar-refractivity contribution in [3.63, 3.8) is 0 Å². The lowest BCUT2D eigenvalue weighted by Crippen LogP contribution is -2.40. The summed E-state index contributed by atoms with van der Waals surface area (Å²) in [6.45, 7) is 5.77. The number of hydrogen-bond acceptors (Lipinski definition) is 3. The van der Waals surface area contributed by atoms with Crippen LogP contribution in [0.2, 0.25) is 0 Å². The van der Waals surface area contributed by atoms with Crippen LogP contribution in [0.25, 0.3) is 0 Å². The number of benzene rings is 2. The Bertz CT molecular complexity index is 746. The first-order chi connectivity index (χ1) is 11.8. The topological polar surface area (TPSA) is 67.4 Å². The maximum absolute atomic E-state index is 12.2. The SMILES string of the molecule is COc1ccc(CC(=O)Nc2cccc(C(=O)NC(C)(C)C)c2)cc1. The predicted octanol–water partition coefficient (Wildman–Crippen LogP) is 3.40. The summed E-state index contributed by atoms with van der Waals surface area (Å²) in [7, 11) is 1.60. The number of rotatable bonds is 5. The molecule has 0 aromatic heterocycles. The van der Waals surface area contributed by atoms with E-state index in [4.69, 9.17) is 4.74 Å². The molecule has 0 aliphatic rings. The molecular weight excluding hydrogens is 316 g/mol. The Labute approximate surface area is 148 Å². The van der Waals surface area contributed by atoms with Crippen LogP contribution < -0.4 is 15.4 Å². The molecule has 0 bridgehead atoms. The molecule has 0 radical (unpaired) electrons. The fourth-order valence-corrected chi connectivity index (χ4v) is 2.28. The molecular formula is C20H24N2O3. The Morgan fingerprint density at radius 1 is 1.04 bits per heavy atom. The standard InChI is InChI=1S/C20H24N2O3/c1-20(2,3)22-19(24)15-6-5-7-16(13-15)21-18(23)12-14-8-10-17(25-4)11-9-14/h5-11,13H,12H2,1-4H3,(H,21,23)(H,22,24). The van der Waals surface area contributed by atoms with Gasteiger partial charge in [0.25, 0.3) is 5.91 Å². The molecule has 0 heterocycles. The molecule has 132 valence electrons. The number of methoxy groups -OCH3 is 1. The van der Waals surface area contributed by atoms with Crippen LogP contribution in [-0.2, 0) is 11.2 Å². The van der Waals surface area contributed by atoms with E-state index >= 15 is 0 Å². The highest BCUT2D eigenvalue weighted by Gasteiger charge is 2.15. The molecule has 0 aliphatic heterocycles. The minimum absolute atomic E-state index is 0.140. The van der Waals surface area contributed by atoms with Crippen LogP contribution in [0.5, 0.6) is 5.75 Å². The maximum atomic E-state index is 12.2.